The number of rotatable bonds is 8. The SMILES string of the molecule is C=CCNC(=NCc1nnc(C)n1C)NCCCc1ccccc1. The second kappa shape index (κ2) is 9.50. The van der Waals surface area contributed by atoms with Gasteiger partial charge in [-0.3, -0.25) is 0 Å². The van der Waals surface area contributed by atoms with Gasteiger partial charge in [0.05, 0.1) is 0 Å². The third kappa shape index (κ3) is 5.53. The van der Waals surface area contributed by atoms with Crippen molar-refractivity contribution in [2.75, 3.05) is 13.1 Å². The molecule has 1 aromatic carbocycles. The van der Waals surface area contributed by atoms with Crippen LogP contribution in [0.3, 0.4) is 0 Å². The molecule has 0 aliphatic heterocycles. The van der Waals surface area contributed by atoms with E-state index in [1.807, 2.05) is 30.7 Å². The van der Waals surface area contributed by atoms with Crippen molar-refractivity contribution < 1.29 is 0 Å². The molecule has 2 rings (SSSR count). The molecule has 0 aliphatic carbocycles. The van der Waals surface area contributed by atoms with Gasteiger partial charge in [0.15, 0.2) is 11.8 Å². The van der Waals surface area contributed by atoms with Crippen LogP contribution in [0.1, 0.15) is 23.6 Å². The van der Waals surface area contributed by atoms with Gasteiger partial charge in [-0.15, -0.1) is 16.8 Å². The van der Waals surface area contributed by atoms with Gasteiger partial charge in [-0.1, -0.05) is 36.4 Å². The van der Waals surface area contributed by atoms with E-state index in [1.165, 1.54) is 5.56 Å². The lowest BCUT2D eigenvalue weighted by atomic mass is 10.1. The van der Waals surface area contributed by atoms with Gasteiger partial charge in [0, 0.05) is 20.1 Å². The van der Waals surface area contributed by atoms with Crippen LogP contribution >= 0.6 is 0 Å². The van der Waals surface area contributed by atoms with Crippen molar-refractivity contribution >= 4 is 5.96 Å². The monoisotopic (exact) mass is 326 g/mol. The van der Waals surface area contributed by atoms with Crippen LogP contribution < -0.4 is 10.6 Å². The number of guanidine groups is 1. The van der Waals surface area contributed by atoms with Gasteiger partial charge >= 0.3 is 0 Å². The summed E-state index contributed by atoms with van der Waals surface area (Å²) in [5.74, 6) is 2.50. The molecule has 0 unspecified atom stereocenters. The Bertz CT molecular complexity index is 659. The first kappa shape index (κ1) is 17.7. The lowest BCUT2D eigenvalue weighted by Crippen LogP contribution is -2.38. The molecule has 0 saturated carbocycles. The Morgan fingerprint density at radius 2 is 2.04 bits per heavy atom. The highest BCUT2D eigenvalue weighted by Crippen LogP contribution is 2.02. The Labute approximate surface area is 143 Å². The molecule has 24 heavy (non-hydrogen) atoms. The minimum atomic E-state index is 0.489. The number of hydrogen-bond acceptors (Lipinski definition) is 3. The van der Waals surface area contributed by atoms with E-state index in [0.717, 1.165) is 37.0 Å². The van der Waals surface area contributed by atoms with Crippen molar-refractivity contribution in [1.82, 2.24) is 25.4 Å². The Morgan fingerprint density at radius 1 is 1.25 bits per heavy atom. The zero-order valence-electron chi connectivity index (χ0n) is 14.5. The molecule has 0 saturated heterocycles. The highest BCUT2D eigenvalue weighted by atomic mass is 15.3. The fraction of sp³-hybridized carbons (Fsp3) is 0.389. The summed E-state index contributed by atoms with van der Waals surface area (Å²) >= 11 is 0. The van der Waals surface area contributed by atoms with Gasteiger partial charge in [0.1, 0.15) is 12.4 Å². The molecule has 0 aliphatic rings. The minimum Gasteiger partial charge on any atom is -0.356 e. The first-order chi connectivity index (χ1) is 11.7. The molecular formula is C18H26N6. The van der Waals surface area contributed by atoms with E-state index in [1.54, 1.807) is 0 Å². The number of aryl methyl sites for hydroxylation is 2. The summed E-state index contributed by atoms with van der Waals surface area (Å²) in [6.07, 6.45) is 3.90. The molecule has 0 atom stereocenters. The van der Waals surface area contributed by atoms with Gasteiger partial charge < -0.3 is 15.2 Å². The number of nitrogens with zero attached hydrogens (tertiary/aromatic N) is 4. The second-order valence-electron chi connectivity index (χ2n) is 5.57. The van der Waals surface area contributed by atoms with Gasteiger partial charge in [0.2, 0.25) is 0 Å². The Balaban J connectivity index is 1.84. The van der Waals surface area contributed by atoms with Crippen LogP contribution in [-0.2, 0) is 20.0 Å². The maximum Gasteiger partial charge on any atom is 0.191 e. The molecule has 0 amide bonds. The van der Waals surface area contributed by atoms with Crippen LogP contribution in [0.2, 0.25) is 0 Å². The minimum absolute atomic E-state index is 0.489. The van der Waals surface area contributed by atoms with Crippen molar-refractivity contribution in [3.63, 3.8) is 0 Å². The standard InChI is InChI=1S/C18H26N6/c1-4-12-19-18(21-14-17-23-22-15(2)24(17)3)20-13-8-11-16-9-6-5-7-10-16/h4-7,9-10H,1,8,11-14H2,2-3H3,(H2,19,20,21). The number of aliphatic imine (C=N–C) groups is 1. The zero-order chi connectivity index (χ0) is 17.2. The average molecular weight is 326 g/mol. The molecule has 0 bridgehead atoms. The van der Waals surface area contributed by atoms with Crippen LogP contribution in [0.15, 0.2) is 48.0 Å². The first-order valence-corrected chi connectivity index (χ1v) is 8.22. The molecule has 0 fully saturated rings. The molecule has 0 spiro atoms. The van der Waals surface area contributed by atoms with Gasteiger partial charge in [-0.05, 0) is 25.3 Å². The van der Waals surface area contributed by atoms with E-state index in [-0.39, 0.29) is 0 Å². The predicted octanol–water partition coefficient (Wildman–Crippen LogP) is 1.98. The second-order valence-corrected chi connectivity index (χ2v) is 5.57. The Hall–Kier alpha value is -2.63. The van der Waals surface area contributed by atoms with Crippen molar-refractivity contribution in [3.05, 3.63) is 60.2 Å². The fourth-order valence-corrected chi connectivity index (χ4v) is 2.23. The zero-order valence-corrected chi connectivity index (χ0v) is 14.5. The summed E-state index contributed by atoms with van der Waals surface area (Å²) in [5.41, 5.74) is 1.35. The molecule has 2 N–H and O–H groups in total. The summed E-state index contributed by atoms with van der Waals surface area (Å²) in [6, 6.07) is 10.5. The molecule has 2 aromatic rings. The van der Waals surface area contributed by atoms with Gasteiger partial charge in [0.25, 0.3) is 0 Å². The highest BCUT2D eigenvalue weighted by molar-refractivity contribution is 5.79. The largest absolute Gasteiger partial charge is 0.356 e. The van der Waals surface area contributed by atoms with E-state index >= 15 is 0 Å². The van der Waals surface area contributed by atoms with E-state index in [0.29, 0.717) is 13.1 Å². The van der Waals surface area contributed by atoms with Crippen molar-refractivity contribution in [2.45, 2.75) is 26.3 Å². The third-order valence-corrected chi connectivity index (χ3v) is 3.75. The number of benzene rings is 1. The summed E-state index contributed by atoms with van der Waals surface area (Å²) in [7, 11) is 1.95. The lowest BCUT2D eigenvalue weighted by molar-refractivity contribution is 0.734. The van der Waals surface area contributed by atoms with E-state index in [4.69, 9.17) is 0 Å². The lowest BCUT2D eigenvalue weighted by Gasteiger charge is -2.11. The molecule has 1 heterocycles. The van der Waals surface area contributed by atoms with E-state index in [2.05, 4.69) is 56.7 Å². The maximum absolute atomic E-state index is 4.57. The van der Waals surface area contributed by atoms with Gasteiger partial charge in [-0.25, -0.2) is 4.99 Å². The fourth-order valence-electron chi connectivity index (χ4n) is 2.23. The maximum atomic E-state index is 4.57. The van der Waals surface area contributed by atoms with Crippen molar-refractivity contribution in [3.8, 4) is 0 Å². The molecule has 128 valence electrons. The topological polar surface area (TPSA) is 67.1 Å². The van der Waals surface area contributed by atoms with Crippen LogP contribution in [-0.4, -0.2) is 33.8 Å². The smallest absolute Gasteiger partial charge is 0.191 e. The first-order valence-electron chi connectivity index (χ1n) is 8.22. The van der Waals surface area contributed by atoms with Crippen LogP contribution in [0, 0.1) is 6.92 Å². The van der Waals surface area contributed by atoms with Crippen LogP contribution in [0.5, 0.6) is 0 Å². The normalized spacial score (nSPS) is 11.3. The highest BCUT2D eigenvalue weighted by Gasteiger charge is 2.04. The van der Waals surface area contributed by atoms with E-state index < -0.39 is 0 Å². The van der Waals surface area contributed by atoms with Crippen LogP contribution in [0.4, 0.5) is 0 Å². The van der Waals surface area contributed by atoms with Crippen LogP contribution in [0.25, 0.3) is 0 Å². The summed E-state index contributed by atoms with van der Waals surface area (Å²) < 4.78 is 1.95. The third-order valence-electron chi connectivity index (χ3n) is 3.75. The summed E-state index contributed by atoms with van der Waals surface area (Å²) in [5, 5.41) is 14.8. The van der Waals surface area contributed by atoms with Crippen molar-refractivity contribution in [1.29, 1.82) is 0 Å². The average Bonchev–Trinajstić information content (AvgIpc) is 2.93. The molecule has 1 aromatic heterocycles. The summed E-state index contributed by atoms with van der Waals surface area (Å²) in [6.45, 7) is 7.68. The Morgan fingerprint density at radius 3 is 2.71 bits per heavy atom. The van der Waals surface area contributed by atoms with E-state index in [9.17, 15) is 0 Å². The molecule has 6 nitrogen and oxygen atoms in total. The van der Waals surface area contributed by atoms with Gasteiger partial charge in [-0.2, -0.15) is 0 Å². The van der Waals surface area contributed by atoms with Crippen molar-refractivity contribution in [2.24, 2.45) is 12.0 Å². The molecule has 6 heteroatoms. The molecule has 0 radical (unpaired) electrons. The number of nitrogens with one attached hydrogen (secondary N) is 2. The molecular weight excluding hydrogens is 300 g/mol. The summed E-state index contributed by atoms with van der Waals surface area (Å²) in [4.78, 5) is 4.57. The quantitative estimate of drug-likeness (QED) is 0.337. The Kier molecular flexibility index (Phi) is 7.01. The number of aromatic nitrogens is 3. The number of hydrogen-bond donors (Lipinski definition) is 2. The predicted molar refractivity (Wildman–Crippen MR) is 97.8 cm³/mol.